The third kappa shape index (κ3) is 3.97. The Kier molecular flexibility index (Phi) is 5.72. The van der Waals surface area contributed by atoms with Crippen LogP contribution in [0.2, 0.25) is 0 Å². The third-order valence-electron chi connectivity index (χ3n) is 8.78. The lowest BCUT2D eigenvalue weighted by molar-refractivity contribution is -0.141. The molecule has 1 aromatic carbocycles. The molecule has 2 unspecified atom stereocenters. The van der Waals surface area contributed by atoms with E-state index in [2.05, 4.69) is 15.4 Å². The van der Waals surface area contributed by atoms with Gasteiger partial charge in [-0.2, -0.15) is 5.10 Å². The molecule has 40 heavy (non-hydrogen) atoms. The number of aromatic nitrogens is 4. The average Bonchev–Trinajstić information content (AvgIpc) is 3.74. The molecule has 2 fully saturated rings. The standard InChI is InChI=1S/C30H31N7O3/c1-17-4-2-6-26(33-17)34-30(40)28-19-7-9-20(12-19)37(28)27(38)16-35-15-23(29(31)39)21-13-18(8-10-24(21)35)22-14-32-36-11-3-5-25(22)36/h2,4,6,8,10,13-15,19-20,28H,3,5,7,9,11-12,16H2,1H3,(H2,31,39)(H,33,34,40)/t19?,20?,28-/m0/s1. The molecule has 1 saturated heterocycles. The fourth-order valence-electron chi connectivity index (χ4n) is 7.02. The molecular weight excluding hydrogens is 506 g/mol. The summed E-state index contributed by atoms with van der Waals surface area (Å²) < 4.78 is 3.82. The predicted molar refractivity (Wildman–Crippen MR) is 149 cm³/mol. The SMILES string of the molecule is Cc1cccc(NC(=O)[C@@H]2C3CCC(C3)N2C(=O)Cn2cc(C(N)=O)c3cc(-c4cnn5c4CCC5)ccc32)n1. The Balaban J connectivity index is 1.18. The number of pyridine rings is 1. The van der Waals surface area contributed by atoms with Gasteiger partial charge in [0.15, 0.2) is 0 Å². The molecule has 3 atom stereocenters. The number of likely N-dealkylation sites (tertiary alicyclic amines) is 1. The molecule has 5 heterocycles. The van der Waals surface area contributed by atoms with Crippen LogP contribution in [-0.2, 0) is 29.1 Å². The number of amides is 3. The fraction of sp³-hybridized carbons (Fsp3) is 0.367. The molecule has 10 heteroatoms. The fourth-order valence-corrected chi connectivity index (χ4v) is 7.02. The lowest BCUT2D eigenvalue weighted by Crippen LogP contribution is -2.51. The number of nitrogens with two attached hydrogens (primary N) is 1. The first-order valence-electron chi connectivity index (χ1n) is 13.9. The zero-order valence-corrected chi connectivity index (χ0v) is 22.3. The van der Waals surface area contributed by atoms with Crippen molar-refractivity contribution in [3.63, 3.8) is 0 Å². The van der Waals surface area contributed by atoms with Crippen molar-refractivity contribution in [3.05, 3.63) is 65.7 Å². The molecule has 2 aliphatic heterocycles. The van der Waals surface area contributed by atoms with Gasteiger partial charge in [-0.3, -0.25) is 19.1 Å². The van der Waals surface area contributed by atoms with Crippen LogP contribution in [0, 0.1) is 12.8 Å². The number of aryl methyl sites for hydroxylation is 2. The Morgan fingerprint density at radius 3 is 2.85 bits per heavy atom. The van der Waals surface area contributed by atoms with E-state index >= 15 is 0 Å². The number of nitrogens with zero attached hydrogens (tertiary/aromatic N) is 5. The second-order valence-electron chi connectivity index (χ2n) is 11.2. The van der Waals surface area contributed by atoms with E-state index in [-0.39, 0.29) is 30.3 Å². The highest BCUT2D eigenvalue weighted by Crippen LogP contribution is 2.43. The molecule has 7 rings (SSSR count). The first-order valence-corrected chi connectivity index (χ1v) is 13.9. The van der Waals surface area contributed by atoms with Crippen molar-refractivity contribution >= 4 is 34.4 Å². The maximum atomic E-state index is 13.8. The normalized spacial score (nSPS) is 21.2. The molecule has 1 saturated carbocycles. The number of nitrogens with one attached hydrogen (secondary N) is 1. The largest absolute Gasteiger partial charge is 0.366 e. The number of carbonyl (C=O) groups excluding carboxylic acids is 3. The van der Waals surface area contributed by atoms with Gasteiger partial charge in [-0.05, 0) is 74.8 Å². The van der Waals surface area contributed by atoms with E-state index in [0.717, 1.165) is 61.0 Å². The summed E-state index contributed by atoms with van der Waals surface area (Å²) in [6, 6.07) is 10.9. The summed E-state index contributed by atoms with van der Waals surface area (Å²) in [6.45, 7) is 2.81. The van der Waals surface area contributed by atoms with E-state index in [1.165, 1.54) is 5.69 Å². The highest BCUT2D eigenvalue weighted by molar-refractivity contribution is 6.07. The Morgan fingerprint density at radius 2 is 2.02 bits per heavy atom. The van der Waals surface area contributed by atoms with Crippen molar-refractivity contribution < 1.29 is 14.4 Å². The van der Waals surface area contributed by atoms with Crippen LogP contribution >= 0.6 is 0 Å². The van der Waals surface area contributed by atoms with Crippen molar-refractivity contribution in [2.45, 2.75) is 64.2 Å². The van der Waals surface area contributed by atoms with Gasteiger partial charge in [0.05, 0.1) is 11.8 Å². The molecular formula is C30H31N7O3. The molecule has 3 aromatic heterocycles. The van der Waals surface area contributed by atoms with Gasteiger partial charge in [-0.15, -0.1) is 0 Å². The number of carbonyl (C=O) groups is 3. The predicted octanol–water partition coefficient (Wildman–Crippen LogP) is 3.27. The van der Waals surface area contributed by atoms with Crippen LogP contribution in [0.3, 0.4) is 0 Å². The first-order chi connectivity index (χ1) is 19.4. The van der Waals surface area contributed by atoms with Crippen molar-refractivity contribution in [2.24, 2.45) is 11.7 Å². The molecule has 3 N–H and O–H groups in total. The molecule has 3 aliphatic rings. The second-order valence-corrected chi connectivity index (χ2v) is 11.2. The average molecular weight is 538 g/mol. The number of rotatable bonds is 6. The lowest BCUT2D eigenvalue weighted by Gasteiger charge is -2.34. The number of primary amides is 1. The third-order valence-corrected chi connectivity index (χ3v) is 8.78. The maximum Gasteiger partial charge on any atom is 0.250 e. The zero-order valence-electron chi connectivity index (χ0n) is 22.3. The van der Waals surface area contributed by atoms with Crippen molar-refractivity contribution in [2.75, 3.05) is 5.32 Å². The number of piperidine rings is 1. The number of hydrogen-bond acceptors (Lipinski definition) is 5. The molecule has 2 bridgehead atoms. The summed E-state index contributed by atoms with van der Waals surface area (Å²) >= 11 is 0. The molecule has 0 radical (unpaired) electrons. The van der Waals surface area contributed by atoms with Gasteiger partial charge in [0, 0.05) is 46.6 Å². The van der Waals surface area contributed by atoms with Crippen molar-refractivity contribution in [3.8, 4) is 11.1 Å². The van der Waals surface area contributed by atoms with Gasteiger partial charge < -0.3 is 20.5 Å². The molecule has 0 spiro atoms. The molecule has 10 nitrogen and oxygen atoms in total. The van der Waals surface area contributed by atoms with E-state index < -0.39 is 11.9 Å². The number of hydrogen-bond donors (Lipinski definition) is 2. The summed E-state index contributed by atoms with van der Waals surface area (Å²) in [6.07, 6.45) is 8.22. The minimum absolute atomic E-state index is 0.0159. The minimum Gasteiger partial charge on any atom is -0.366 e. The van der Waals surface area contributed by atoms with Gasteiger partial charge in [0.2, 0.25) is 11.8 Å². The van der Waals surface area contributed by atoms with Crippen LogP contribution in [0.25, 0.3) is 22.0 Å². The monoisotopic (exact) mass is 537 g/mol. The van der Waals surface area contributed by atoms with Crippen LogP contribution in [-0.4, -0.2) is 54.0 Å². The highest BCUT2D eigenvalue weighted by Gasteiger charge is 2.51. The Hall–Kier alpha value is -4.47. The maximum absolute atomic E-state index is 13.8. The van der Waals surface area contributed by atoms with Gasteiger partial charge in [0.25, 0.3) is 5.91 Å². The van der Waals surface area contributed by atoms with Crippen LogP contribution in [0.1, 0.15) is 47.4 Å². The van der Waals surface area contributed by atoms with E-state index in [4.69, 9.17) is 5.73 Å². The summed E-state index contributed by atoms with van der Waals surface area (Å²) in [4.78, 5) is 45.8. The van der Waals surface area contributed by atoms with E-state index in [1.807, 2.05) is 48.1 Å². The summed E-state index contributed by atoms with van der Waals surface area (Å²) in [5, 5.41) is 8.14. The van der Waals surface area contributed by atoms with Crippen LogP contribution in [0.15, 0.2) is 48.8 Å². The molecule has 4 aromatic rings. The lowest BCUT2D eigenvalue weighted by atomic mass is 9.97. The Morgan fingerprint density at radius 1 is 1.15 bits per heavy atom. The summed E-state index contributed by atoms with van der Waals surface area (Å²) in [5.74, 6) is -0.274. The summed E-state index contributed by atoms with van der Waals surface area (Å²) in [5.41, 5.74) is 10.9. The smallest absolute Gasteiger partial charge is 0.250 e. The Bertz CT molecular complexity index is 1690. The first kappa shape index (κ1) is 24.6. The highest BCUT2D eigenvalue weighted by atomic mass is 16.2. The van der Waals surface area contributed by atoms with E-state index in [9.17, 15) is 14.4 Å². The molecule has 204 valence electrons. The molecule has 3 amide bonds. The quantitative estimate of drug-likeness (QED) is 0.390. The summed E-state index contributed by atoms with van der Waals surface area (Å²) in [7, 11) is 0. The van der Waals surface area contributed by atoms with Crippen LogP contribution in [0.5, 0.6) is 0 Å². The van der Waals surface area contributed by atoms with Crippen LogP contribution < -0.4 is 11.1 Å². The second kappa shape index (κ2) is 9.32. The van der Waals surface area contributed by atoms with E-state index in [1.54, 1.807) is 21.7 Å². The minimum atomic E-state index is -0.545. The number of fused-ring (bicyclic) bond motifs is 4. The van der Waals surface area contributed by atoms with Crippen molar-refractivity contribution in [1.29, 1.82) is 0 Å². The van der Waals surface area contributed by atoms with Gasteiger partial charge in [-0.1, -0.05) is 12.1 Å². The Labute approximate surface area is 231 Å². The van der Waals surface area contributed by atoms with Gasteiger partial charge in [0.1, 0.15) is 18.4 Å². The number of benzene rings is 1. The van der Waals surface area contributed by atoms with E-state index in [0.29, 0.717) is 16.8 Å². The zero-order chi connectivity index (χ0) is 27.5. The molecule has 1 aliphatic carbocycles. The number of anilines is 1. The van der Waals surface area contributed by atoms with Gasteiger partial charge >= 0.3 is 0 Å². The van der Waals surface area contributed by atoms with Gasteiger partial charge in [-0.25, -0.2) is 4.98 Å². The topological polar surface area (TPSA) is 128 Å². The van der Waals surface area contributed by atoms with Crippen LogP contribution in [0.4, 0.5) is 5.82 Å². The van der Waals surface area contributed by atoms with Crippen molar-refractivity contribution in [1.82, 2.24) is 24.2 Å².